The van der Waals surface area contributed by atoms with Crippen molar-refractivity contribution in [3.8, 4) is 5.88 Å². The van der Waals surface area contributed by atoms with Gasteiger partial charge in [-0.15, -0.1) is 0 Å². The number of nitrogens with one attached hydrogen (secondary N) is 1. The highest BCUT2D eigenvalue weighted by Gasteiger charge is 2.31. The van der Waals surface area contributed by atoms with Crippen molar-refractivity contribution in [3.05, 3.63) is 33.9 Å². The summed E-state index contributed by atoms with van der Waals surface area (Å²) in [4.78, 5) is 34.5. The number of carbonyl (C=O) groups is 2. The first kappa shape index (κ1) is 16.3. The van der Waals surface area contributed by atoms with Crippen LogP contribution >= 0.6 is 0 Å². The summed E-state index contributed by atoms with van der Waals surface area (Å²) >= 11 is 0. The van der Waals surface area contributed by atoms with E-state index in [1.54, 1.807) is 20.8 Å². The first-order valence-electron chi connectivity index (χ1n) is 6.67. The highest BCUT2D eigenvalue weighted by atomic mass is 16.6. The topological polar surface area (TPSA) is 140 Å². The van der Waals surface area contributed by atoms with Crippen LogP contribution in [0.3, 0.4) is 0 Å². The van der Waals surface area contributed by atoms with Crippen LogP contribution in [0.15, 0.2) is 18.2 Å². The number of amides is 2. The summed E-state index contributed by atoms with van der Waals surface area (Å²) in [6.45, 7) is 5.14. The number of nitro groups is 1. The number of benzene rings is 1. The first-order valence-corrected chi connectivity index (χ1v) is 6.67. The lowest BCUT2D eigenvalue weighted by Crippen LogP contribution is -2.40. The SMILES string of the molecule is CC(C)(C)NC(=O)c1c(O)n(C(N)=O)c2cccc([N+](=O)[O-])c12. The number of fused-ring (bicyclic) bond motifs is 1. The molecular weight excluding hydrogens is 304 g/mol. The van der Waals surface area contributed by atoms with Gasteiger partial charge in [-0.2, -0.15) is 0 Å². The minimum Gasteiger partial charge on any atom is -0.494 e. The second kappa shape index (κ2) is 5.27. The lowest BCUT2D eigenvalue weighted by Gasteiger charge is -2.20. The third-order valence-electron chi connectivity index (χ3n) is 3.08. The quantitative estimate of drug-likeness (QED) is 0.570. The van der Waals surface area contributed by atoms with Crippen LogP contribution in [0.25, 0.3) is 10.9 Å². The number of carbonyl (C=O) groups excluding carboxylic acids is 2. The van der Waals surface area contributed by atoms with Gasteiger partial charge < -0.3 is 16.2 Å². The van der Waals surface area contributed by atoms with Crippen LogP contribution in [-0.4, -0.2) is 32.1 Å². The molecule has 4 N–H and O–H groups in total. The number of rotatable bonds is 2. The van der Waals surface area contributed by atoms with Crippen molar-refractivity contribution in [1.82, 2.24) is 9.88 Å². The van der Waals surface area contributed by atoms with Crippen LogP contribution in [-0.2, 0) is 0 Å². The molecule has 0 saturated carbocycles. The number of hydrogen-bond acceptors (Lipinski definition) is 5. The van der Waals surface area contributed by atoms with E-state index in [9.17, 15) is 24.8 Å². The van der Waals surface area contributed by atoms with Gasteiger partial charge in [0.1, 0.15) is 5.56 Å². The number of nitrogens with two attached hydrogens (primary N) is 1. The Kier molecular flexibility index (Phi) is 3.73. The Morgan fingerprint density at radius 1 is 1.35 bits per heavy atom. The lowest BCUT2D eigenvalue weighted by atomic mass is 10.1. The number of hydrogen-bond donors (Lipinski definition) is 3. The van der Waals surface area contributed by atoms with Crippen LogP contribution in [0, 0.1) is 10.1 Å². The van der Waals surface area contributed by atoms with E-state index in [-0.39, 0.29) is 16.5 Å². The molecule has 0 aliphatic carbocycles. The molecule has 2 rings (SSSR count). The van der Waals surface area contributed by atoms with Crippen molar-refractivity contribution < 1.29 is 19.6 Å². The summed E-state index contributed by atoms with van der Waals surface area (Å²) in [6, 6.07) is 2.83. The normalized spacial score (nSPS) is 11.4. The molecule has 2 aromatic rings. The van der Waals surface area contributed by atoms with Crippen molar-refractivity contribution in [2.75, 3.05) is 0 Å². The zero-order valence-corrected chi connectivity index (χ0v) is 12.8. The first-order chi connectivity index (χ1) is 10.5. The van der Waals surface area contributed by atoms with E-state index in [1.807, 2.05) is 0 Å². The Bertz CT molecular complexity index is 832. The maximum absolute atomic E-state index is 12.4. The molecule has 122 valence electrons. The van der Waals surface area contributed by atoms with Crippen LogP contribution < -0.4 is 11.1 Å². The molecule has 23 heavy (non-hydrogen) atoms. The second-order valence-corrected chi connectivity index (χ2v) is 6.00. The van der Waals surface area contributed by atoms with Crippen molar-refractivity contribution >= 4 is 28.5 Å². The molecule has 0 bridgehead atoms. The molecule has 1 aromatic heterocycles. The van der Waals surface area contributed by atoms with Crippen molar-refractivity contribution in [2.45, 2.75) is 26.3 Å². The molecule has 0 aliphatic heterocycles. The van der Waals surface area contributed by atoms with E-state index in [4.69, 9.17) is 5.73 Å². The zero-order chi connectivity index (χ0) is 17.5. The zero-order valence-electron chi connectivity index (χ0n) is 12.8. The van der Waals surface area contributed by atoms with Crippen LogP contribution in [0.1, 0.15) is 31.1 Å². The van der Waals surface area contributed by atoms with E-state index in [2.05, 4.69) is 5.32 Å². The van der Waals surface area contributed by atoms with Gasteiger partial charge in [0.15, 0.2) is 0 Å². The largest absolute Gasteiger partial charge is 0.494 e. The molecule has 1 heterocycles. The minimum atomic E-state index is -1.05. The van der Waals surface area contributed by atoms with Gasteiger partial charge >= 0.3 is 6.03 Å². The maximum atomic E-state index is 12.4. The number of aromatic nitrogens is 1. The third-order valence-corrected chi connectivity index (χ3v) is 3.08. The number of non-ortho nitro benzene ring substituents is 1. The molecule has 2 amide bonds. The fourth-order valence-corrected chi connectivity index (χ4v) is 2.30. The van der Waals surface area contributed by atoms with E-state index >= 15 is 0 Å². The molecule has 9 heteroatoms. The Hall–Kier alpha value is -3.10. The van der Waals surface area contributed by atoms with E-state index in [1.165, 1.54) is 18.2 Å². The number of nitrogens with zero attached hydrogens (tertiary/aromatic N) is 2. The summed E-state index contributed by atoms with van der Waals surface area (Å²) in [6.07, 6.45) is 0. The van der Waals surface area contributed by atoms with Crippen LogP contribution in [0.5, 0.6) is 5.88 Å². The fourth-order valence-electron chi connectivity index (χ4n) is 2.30. The molecule has 0 spiro atoms. The highest BCUT2D eigenvalue weighted by molar-refractivity contribution is 6.15. The van der Waals surface area contributed by atoms with Crippen molar-refractivity contribution in [2.24, 2.45) is 5.73 Å². The summed E-state index contributed by atoms with van der Waals surface area (Å²) in [5, 5.41) is 23.9. The number of nitro benzene ring substituents is 1. The highest BCUT2D eigenvalue weighted by Crippen LogP contribution is 2.37. The predicted octanol–water partition coefficient (Wildman–Crippen LogP) is 1.71. The van der Waals surface area contributed by atoms with Gasteiger partial charge in [-0.25, -0.2) is 9.36 Å². The Morgan fingerprint density at radius 2 is 1.96 bits per heavy atom. The maximum Gasteiger partial charge on any atom is 0.326 e. The molecule has 0 unspecified atom stereocenters. The van der Waals surface area contributed by atoms with Gasteiger partial charge in [-0.3, -0.25) is 14.9 Å². The smallest absolute Gasteiger partial charge is 0.326 e. The average Bonchev–Trinajstić information content (AvgIpc) is 2.67. The summed E-state index contributed by atoms with van der Waals surface area (Å²) in [7, 11) is 0. The summed E-state index contributed by atoms with van der Waals surface area (Å²) < 4.78 is 0.667. The molecule has 0 radical (unpaired) electrons. The van der Waals surface area contributed by atoms with Gasteiger partial charge in [0.05, 0.1) is 15.8 Å². The average molecular weight is 320 g/mol. The summed E-state index contributed by atoms with van der Waals surface area (Å²) in [5.74, 6) is -1.47. The third kappa shape index (κ3) is 2.80. The molecule has 0 atom stereocenters. The lowest BCUT2D eigenvalue weighted by molar-refractivity contribution is -0.383. The van der Waals surface area contributed by atoms with E-state index < -0.39 is 34.0 Å². The Balaban J connectivity index is 2.87. The van der Waals surface area contributed by atoms with Gasteiger partial charge in [-0.05, 0) is 26.8 Å². The minimum absolute atomic E-state index is 0.0109. The Labute approximate surface area is 130 Å². The fraction of sp³-hybridized carbons (Fsp3) is 0.286. The standard InChI is InChI=1S/C14H16N4O5/c1-14(2,3)16-11(19)10-9-7(17(12(10)20)13(15)21)5-4-6-8(9)18(22)23/h4-6,20H,1-3H3,(H2,15,21)(H,16,19). The molecule has 0 aliphatic rings. The molecule has 9 nitrogen and oxygen atoms in total. The molecular formula is C14H16N4O5. The van der Waals surface area contributed by atoms with Gasteiger partial charge in [-0.1, -0.05) is 6.07 Å². The number of primary amides is 1. The van der Waals surface area contributed by atoms with Gasteiger partial charge in [0, 0.05) is 11.6 Å². The van der Waals surface area contributed by atoms with Gasteiger partial charge in [0.25, 0.3) is 11.6 Å². The number of aromatic hydroxyl groups is 1. The van der Waals surface area contributed by atoms with E-state index in [0.717, 1.165) is 0 Å². The Morgan fingerprint density at radius 3 is 2.43 bits per heavy atom. The van der Waals surface area contributed by atoms with Gasteiger partial charge in [0.2, 0.25) is 5.88 Å². The predicted molar refractivity (Wildman–Crippen MR) is 82.5 cm³/mol. The molecule has 1 aromatic carbocycles. The second-order valence-electron chi connectivity index (χ2n) is 6.00. The molecule has 0 fully saturated rings. The van der Waals surface area contributed by atoms with Crippen molar-refractivity contribution in [3.63, 3.8) is 0 Å². The van der Waals surface area contributed by atoms with Crippen molar-refractivity contribution in [1.29, 1.82) is 0 Å². The van der Waals surface area contributed by atoms with E-state index in [0.29, 0.717) is 4.57 Å². The summed E-state index contributed by atoms with van der Waals surface area (Å²) in [5.41, 5.74) is 3.79. The molecule has 0 saturated heterocycles. The monoisotopic (exact) mass is 320 g/mol. The van der Waals surface area contributed by atoms with Crippen LogP contribution in [0.2, 0.25) is 0 Å². The van der Waals surface area contributed by atoms with Crippen LogP contribution in [0.4, 0.5) is 10.5 Å².